The summed E-state index contributed by atoms with van der Waals surface area (Å²) in [6.45, 7) is 0.968. The summed E-state index contributed by atoms with van der Waals surface area (Å²) in [5.74, 6) is 0. The van der Waals surface area contributed by atoms with Crippen LogP contribution < -0.4 is 4.72 Å². The van der Waals surface area contributed by atoms with Crippen molar-refractivity contribution in [3.05, 3.63) is 28.2 Å². The Hall–Kier alpha value is -0.470. The molecule has 0 radical (unpaired) electrons. The number of benzene rings is 1. The Balaban J connectivity index is 2.05. The molecule has 0 aromatic heterocycles. The van der Waals surface area contributed by atoms with E-state index in [2.05, 4.69) is 20.7 Å². The van der Waals surface area contributed by atoms with Crippen LogP contribution >= 0.6 is 15.9 Å². The van der Waals surface area contributed by atoms with E-state index in [9.17, 15) is 8.42 Å². The lowest BCUT2D eigenvalue weighted by Crippen LogP contribution is -2.31. The Kier molecular flexibility index (Phi) is 5.43. The van der Waals surface area contributed by atoms with Crippen LogP contribution in [0.25, 0.3) is 0 Å². The Bertz CT molecular complexity index is 599. The van der Waals surface area contributed by atoms with Crippen molar-refractivity contribution in [3.8, 4) is 0 Å². The largest absolute Gasteiger partial charge is 0.392 e. The molecule has 0 atom stereocenters. The molecular weight excluding hydrogens is 358 g/mol. The lowest BCUT2D eigenvalue weighted by molar-refractivity contribution is 0.173. The SMILES string of the molecule is COCCC1(CNS(=O)(=O)c2ccc(CO)cc2Br)CC1. The smallest absolute Gasteiger partial charge is 0.241 e. The summed E-state index contributed by atoms with van der Waals surface area (Å²) in [6.07, 6.45) is 2.93. The van der Waals surface area contributed by atoms with Gasteiger partial charge in [-0.15, -0.1) is 0 Å². The summed E-state index contributed by atoms with van der Waals surface area (Å²) in [4.78, 5) is 0.197. The Morgan fingerprint density at radius 3 is 2.67 bits per heavy atom. The van der Waals surface area contributed by atoms with E-state index < -0.39 is 10.0 Å². The van der Waals surface area contributed by atoms with Gasteiger partial charge in [-0.1, -0.05) is 6.07 Å². The zero-order valence-electron chi connectivity index (χ0n) is 11.9. The summed E-state index contributed by atoms with van der Waals surface area (Å²) in [5, 5.41) is 9.06. The van der Waals surface area contributed by atoms with Gasteiger partial charge in [-0.2, -0.15) is 0 Å². The molecule has 1 aromatic rings. The number of hydrogen-bond acceptors (Lipinski definition) is 4. The van der Waals surface area contributed by atoms with Gasteiger partial charge in [0.1, 0.15) is 0 Å². The lowest BCUT2D eigenvalue weighted by atomic mass is 10.0. The van der Waals surface area contributed by atoms with Gasteiger partial charge in [-0.3, -0.25) is 0 Å². The monoisotopic (exact) mass is 377 g/mol. The normalized spacial score (nSPS) is 16.9. The summed E-state index contributed by atoms with van der Waals surface area (Å²) in [5.41, 5.74) is 0.722. The molecule has 21 heavy (non-hydrogen) atoms. The van der Waals surface area contributed by atoms with Crippen LogP contribution in [0.5, 0.6) is 0 Å². The molecule has 0 heterocycles. The van der Waals surface area contributed by atoms with Crippen molar-refractivity contribution in [2.45, 2.75) is 30.8 Å². The van der Waals surface area contributed by atoms with Gasteiger partial charge in [0, 0.05) is 24.7 Å². The third-order valence-corrected chi connectivity index (χ3v) is 6.28. The van der Waals surface area contributed by atoms with E-state index in [1.807, 2.05) is 0 Å². The van der Waals surface area contributed by atoms with Gasteiger partial charge < -0.3 is 9.84 Å². The Morgan fingerprint density at radius 2 is 2.14 bits per heavy atom. The highest BCUT2D eigenvalue weighted by molar-refractivity contribution is 9.10. The van der Waals surface area contributed by atoms with Gasteiger partial charge in [0.05, 0.1) is 11.5 Å². The van der Waals surface area contributed by atoms with Gasteiger partial charge in [0.15, 0.2) is 0 Å². The standard InChI is InChI=1S/C14H20BrNO4S/c1-20-7-6-14(4-5-14)10-16-21(18,19)13-3-2-11(9-17)8-12(13)15/h2-3,8,16-17H,4-7,9-10H2,1H3. The molecule has 1 fully saturated rings. The van der Waals surface area contributed by atoms with E-state index in [0.29, 0.717) is 23.2 Å². The molecule has 2 N–H and O–H groups in total. The molecule has 2 rings (SSSR count). The molecule has 1 saturated carbocycles. The third kappa shape index (κ3) is 4.26. The highest BCUT2D eigenvalue weighted by Crippen LogP contribution is 2.48. The number of hydrogen-bond donors (Lipinski definition) is 2. The van der Waals surface area contributed by atoms with Crippen LogP contribution in [-0.2, 0) is 21.4 Å². The first kappa shape index (κ1) is 16.9. The Morgan fingerprint density at radius 1 is 1.43 bits per heavy atom. The van der Waals surface area contributed by atoms with E-state index in [1.165, 1.54) is 6.07 Å². The van der Waals surface area contributed by atoms with Gasteiger partial charge in [-0.05, 0) is 58.3 Å². The number of aliphatic hydroxyl groups is 1. The molecule has 0 aliphatic heterocycles. The topological polar surface area (TPSA) is 75.6 Å². The van der Waals surface area contributed by atoms with Gasteiger partial charge in [0.2, 0.25) is 10.0 Å². The van der Waals surface area contributed by atoms with Crippen LogP contribution in [0.2, 0.25) is 0 Å². The number of aliphatic hydroxyl groups excluding tert-OH is 1. The molecule has 118 valence electrons. The van der Waals surface area contributed by atoms with Crippen molar-refractivity contribution in [2.24, 2.45) is 5.41 Å². The van der Waals surface area contributed by atoms with E-state index in [4.69, 9.17) is 9.84 Å². The fraction of sp³-hybridized carbons (Fsp3) is 0.571. The fourth-order valence-corrected chi connectivity index (χ4v) is 4.48. The van der Waals surface area contributed by atoms with Crippen molar-refractivity contribution in [1.82, 2.24) is 4.72 Å². The number of nitrogens with one attached hydrogen (secondary N) is 1. The minimum atomic E-state index is -3.55. The molecule has 1 aliphatic rings. The maximum Gasteiger partial charge on any atom is 0.241 e. The van der Waals surface area contributed by atoms with Gasteiger partial charge >= 0.3 is 0 Å². The first-order valence-corrected chi connectivity index (χ1v) is 9.08. The van der Waals surface area contributed by atoms with Gasteiger partial charge in [0.25, 0.3) is 0 Å². The number of sulfonamides is 1. The first-order valence-electron chi connectivity index (χ1n) is 6.80. The number of rotatable bonds is 8. The molecule has 0 amide bonds. The molecule has 0 spiro atoms. The average molecular weight is 378 g/mol. The second kappa shape index (κ2) is 6.75. The predicted octanol–water partition coefficient (Wildman–Crippen LogP) is 2.04. The van der Waals surface area contributed by atoms with Crippen molar-refractivity contribution in [3.63, 3.8) is 0 Å². The van der Waals surface area contributed by atoms with E-state index in [-0.39, 0.29) is 16.9 Å². The fourth-order valence-electron chi connectivity index (χ4n) is 2.20. The maximum atomic E-state index is 12.4. The van der Waals surface area contributed by atoms with Gasteiger partial charge in [-0.25, -0.2) is 13.1 Å². The summed E-state index contributed by atoms with van der Waals surface area (Å²) in [6, 6.07) is 4.73. The second-order valence-corrected chi connectivity index (χ2v) is 8.08. The predicted molar refractivity (Wildman–Crippen MR) is 83.4 cm³/mol. The Labute approximate surface area is 133 Å². The maximum absolute atomic E-state index is 12.4. The second-order valence-electron chi connectivity index (χ2n) is 5.49. The molecule has 7 heteroatoms. The van der Waals surface area contributed by atoms with Crippen molar-refractivity contribution in [2.75, 3.05) is 20.3 Å². The number of halogens is 1. The minimum absolute atomic E-state index is 0.0561. The zero-order valence-corrected chi connectivity index (χ0v) is 14.3. The average Bonchev–Trinajstić information content (AvgIpc) is 3.23. The molecule has 1 aliphatic carbocycles. The highest BCUT2D eigenvalue weighted by Gasteiger charge is 2.42. The zero-order chi connectivity index (χ0) is 15.5. The minimum Gasteiger partial charge on any atom is -0.392 e. The van der Waals surface area contributed by atoms with Crippen LogP contribution in [0, 0.1) is 5.41 Å². The molecule has 1 aromatic carbocycles. The van der Waals surface area contributed by atoms with E-state index in [1.54, 1.807) is 19.2 Å². The third-order valence-electron chi connectivity index (χ3n) is 3.90. The summed E-state index contributed by atoms with van der Waals surface area (Å²) >= 11 is 3.25. The molecule has 0 unspecified atom stereocenters. The summed E-state index contributed by atoms with van der Waals surface area (Å²) in [7, 11) is -1.90. The molecule has 5 nitrogen and oxygen atoms in total. The van der Waals surface area contributed by atoms with Crippen LogP contribution in [0.15, 0.2) is 27.6 Å². The van der Waals surface area contributed by atoms with Crippen LogP contribution in [0.3, 0.4) is 0 Å². The highest BCUT2D eigenvalue weighted by atomic mass is 79.9. The van der Waals surface area contributed by atoms with Crippen molar-refractivity contribution < 1.29 is 18.3 Å². The van der Waals surface area contributed by atoms with Crippen LogP contribution in [0.4, 0.5) is 0 Å². The lowest BCUT2D eigenvalue weighted by Gasteiger charge is -2.16. The summed E-state index contributed by atoms with van der Waals surface area (Å²) < 4.78 is 33.0. The van der Waals surface area contributed by atoms with E-state index >= 15 is 0 Å². The van der Waals surface area contributed by atoms with Crippen LogP contribution in [-0.4, -0.2) is 33.8 Å². The van der Waals surface area contributed by atoms with E-state index in [0.717, 1.165) is 19.3 Å². The van der Waals surface area contributed by atoms with Crippen molar-refractivity contribution >= 4 is 26.0 Å². The molecule has 0 bridgehead atoms. The van der Waals surface area contributed by atoms with Crippen LogP contribution in [0.1, 0.15) is 24.8 Å². The number of ether oxygens (including phenoxy) is 1. The molecule has 0 saturated heterocycles. The number of methoxy groups -OCH3 is 1. The quantitative estimate of drug-likeness (QED) is 0.726. The molecular formula is C14H20BrNO4S. The van der Waals surface area contributed by atoms with Crippen molar-refractivity contribution in [1.29, 1.82) is 0 Å². The first-order chi connectivity index (χ1) is 9.92.